The highest BCUT2D eigenvalue weighted by Gasteiger charge is 2.46. The minimum atomic E-state index is -1.71. The number of ether oxygens (including phenoxy) is 1. The molecule has 1 fully saturated rings. The summed E-state index contributed by atoms with van der Waals surface area (Å²) in [6, 6.07) is 7.88. The van der Waals surface area contributed by atoms with Gasteiger partial charge in [0.25, 0.3) is 0 Å². The predicted molar refractivity (Wildman–Crippen MR) is 95.2 cm³/mol. The average molecular weight is 361 g/mol. The number of carbonyl (C=O) groups excluding carboxylic acids is 1. The van der Waals surface area contributed by atoms with Gasteiger partial charge in [0.05, 0.1) is 9.75 Å². The van der Waals surface area contributed by atoms with Crippen LogP contribution in [0.15, 0.2) is 47.2 Å². The topological polar surface area (TPSA) is 49.8 Å². The van der Waals surface area contributed by atoms with Crippen LogP contribution in [0.5, 0.6) is 0 Å². The fraction of sp³-hybridized carbons (Fsp3) is 0.389. The highest BCUT2D eigenvalue weighted by Crippen LogP contribution is 2.38. The Morgan fingerprint density at radius 1 is 1.17 bits per heavy atom. The molecule has 126 valence electrons. The number of likely N-dealkylation sites (N-methyl/N-ethyl adjacent to an activating group) is 1. The molecule has 0 aromatic carbocycles. The molecule has 6 heteroatoms. The summed E-state index contributed by atoms with van der Waals surface area (Å²) in [5.74, 6) is -0.568. The lowest BCUT2D eigenvalue weighted by molar-refractivity contribution is -0.170. The monoisotopic (exact) mass is 361 g/mol. The van der Waals surface area contributed by atoms with Crippen LogP contribution >= 0.6 is 22.7 Å². The summed E-state index contributed by atoms with van der Waals surface area (Å²) in [7, 11) is 2.10. The van der Waals surface area contributed by atoms with Crippen molar-refractivity contribution < 1.29 is 14.6 Å². The van der Waals surface area contributed by atoms with Crippen LogP contribution in [0.25, 0.3) is 0 Å². The van der Waals surface area contributed by atoms with Gasteiger partial charge in [-0.2, -0.15) is 0 Å². The lowest BCUT2D eigenvalue weighted by atomic mass is 9.97. The highest BCUT2D eigenvalue weighted by atomic mass is 32.1. The van der Waals surface area contributed by atoms with Gasteiger partial charge in [-0.1, -0.05) is 24.3 Å². The van der Waals surface area contributed by atoms with Gasteiger partial charge in [0.15, 0.2) is 0 Å². The standard InChI is InChI=1S/C18H19NO3S2/c1-19-12-6-7-13(19)11-14(10-12)22-17(20)18(21,15-4-2-8-23-15)16-5-3-9-24-16/h2-9,12-14,21H,10-11H2,1H3/t12-,13?,14?/m1/s1. The van der Waals surface area contributed by atoms with Gasteiger partial charge in [-0.05, 0) is 29.9 Å². The third kappa shape index (κ3) is 2.54. The molecule has 2 aromatic rings. The van der Waals surface area contributed by atoms with Gasteiger partial charge in [0, 0.05) is 24.9 Å². The number of piperidine rings is 1. The lowest BCUT2D eigenvalue weighted by Gasteiger charge is -2.37. The van der Waals surface area contributed by atoms with E-state index in [0.29, 0.717) is 21.8 Å². The second-order valence-corrected chi connectivity index (χ2v) is 8.24. The van der Waals surface area contributed by atoms with Gasteiger partial charge < -0.3 is 9.84 Å². The van der Waals surface area contributed by atoms with Crippen molar-refractivity contribution in [2.45, 2.75) is 36.6 Å². The zero-order chi connectivity index (χ0) is 16.7. The Labute approximate surface area is 149 Å². The zero-order valence-corrected chi connectivity index (χ0v) is 14.9. The van der Waals surface area contributed by atoms with Crippen LogP contribution in [0.2, 0.25) is 0 Å². The van der Waals surface area contributed by atoms with Gasteiger partial charge in [0.1, 0.15) is 6.10 Å². The number of fused-ring (bicyclic) bond motifs is 2. The van der Waals surface area contributed by atoms with Gasteiger partial charge in [-0.25, -0.2) is 4.79 Å². The normalized spacial score (nSPS) is 26.7. The highest BCUT2D eigenvalue weighted by molar-refractivity contribution is 7.12. The largest absolute Gasteiger partial charge is 0.460 e. The van der Waals surface area contributed by atoms with Crippen molar-refractivity contribution in [2.24, 2.45) is 0 Å². The second-order valence-electron chi connectivity index (χ2n) is 6.35. The molecule has 0 amide bonds. The van der Waals surface area contributed by atoms with Crippen molar-refractivity contribution in [3.05, 3.63) is 56.9 Å². The summed E-state index contributed by atoms with van der Waals surface area (Å²) in [5.41, 5.74) is -1.71. The predicted octanol–water partition coefficient (Wildman–Crippen LogP) is 2.99. The van der Waals surface area contributed by atoms with Crippen LogP contribution in [-0.2, 0) is 15.1 Å². The molecule has 1 saturated heterocycles. The van der Waals surface area contributed by atoms with Crippen molar-refractivity contribution in [3.63, 3.8) is 0 Å². The number of aliphatic hydroxyl groups is 1. The Morgan fingerprint density at radius 2 is 1.71 bits per heavy atom. The number of nitrogens with zero attached hydrogens (tertiary/aromatic N) is 1. The third-order valence-electron chi connectivity index (χ3n) is 4.94. The molecule has 3 atom stereocenters. The lowest BCUT2D eigenvalue weighted by Crippen LogP contribution is -2.46. The Balaban J connectivity index is 1.57. The first kappa shape index (κ1) is 16.0. The molecular formula is C18H19NO3S2. The van der Waals surface area contributed by atoms with Crippen molar-refractivity contribution in [1.82, 2.24) is 4.90 Å². The van der Waals surface area contributed by atoms with Crippen molar-refractivity contribution >= 4 is 28.6 Å². The second kappa shape index (κ2) is 6.11. The van der Waals surface area contributed by atoms with Gasteiger partial charge in [-0.15, -0.1) is 22.7 Å². The van der Waals surface area contributed by atoms with E-state index in [2.05, 4.69) is 24.1 Å². The molecular weight excluding hydrogens is 342 g/mol. The van der Waals surface area contributed by atoms with Crippen LogP contribution in [0.4, 0.5) is 0 Å². The van der Waals surface area contributed by atoms with Gasteiger partial charge in [-0.3, -0.25) is 4.90 Å². The number of thiophene rings is 2. The Morgan fingerprint density at radius 3 is 2.17 bits per heavy atom. The maximum Gasteiger partial charge on any atom is 0.349 e. The van der Waals surface area contributed by atoms with Crippen LogP contribution in [0.1, 0.15) is 22.6 Å². The first-order valence-corrected chi connectivity index (χ1v) is 9.76. The Bertz CT molecular complexity index is 688. The van der Waals surface area contributed by atoms with Crippen molar-refractivity contribution in [3.8, 4) is 0 Å². The number of esters is 1. The van der Waals surface area contributed by atoms with Crippen LogP contribution < -0.4 is 0 Å². The fourth-order valence-electron chi connectivity index (χ4n) is 3.52. The molecule has 0 aliphatic carbocycles. The van der Waals surface area contributed by atoms with Crippen LogP contribution in [0.3, 0.4) is 0 Å². The molecule has 2 aliphatic heterocycles. The molecule has 2 aliphatic rings. The number of carbonyl (C=O) groups is 1. The van der Waals surface area contributed by atoms with Gasteiger partial charge >= 0.3 is 5.97 Å². The average Bonchev–Trinajstić information content (AvgIpc) is 3.30. The number of hydrogen-bond acceptors (Lipinski definition) is 6. The molecule has 4 heterocycles. The summed E-state index contributed by atoms with van der Waals surface area (Å²) >= 11 is 2.74. The number of rotatable bonds is 4. The summed E-state index contributed by atoms with van der Waals surface area (Å²) in [4.78, 5) is 16.5. The smallest absolute Gasteiger partial charge is 0.349 e. The summed E-state index contributed by atoms with van der Waals surface area (Å²) in [6.07, 6.45) is 5.76. The zero-order valence-electron chi connectivity index (χ0n) is 13.3. The molecule has 24 heavy (non-hydrogen) atoms. The number of hydrogen-bond donors (Lipinski definition) is 1. The quantitative estimate of drug-likeness (QED) is 0.672. The summed E-state index contributed by atoms with van der Waals surface area (Å²) in [6.45, 7) is 0. The summed E-state index contributed by atoms with van der Waals surface area (Å²) in [5, 5.41) is 15.0. The van der Waals surface area contributed by atoms with Gasteiger partial charge in [0.2, 0.25) is 5.60 Å². The van der Waals surface area contributed by atoms with E-state index in [9.17, 15) is 9.90 Å². The molecule has 0 spiro atoms. The fourth-order valence-corrected chi connectivity index (χ4v) is 5.24. The SMILES string of the molecule is CN1C2C=C[C@@H]1CC(OC(=O)C(O)(c1cccs1)c1cccs1)C2. The van der Waals surface area contributed by atoms with E-state index in [-0.39, 0.29) is 6.10 Å². The minimum Gasteiger partial charge on any atom is -0.460 e. The van der Waals surface area contributed by atoms with Crippen molar-refractivity contribution in [1.29, 1.82) is 0 Å². The molecule has 4 nitrogen and oxygen atoms in total. The van der Waals surface area contributed by atoms with E-state index in [1.165, 1.54) is 22.7 Å². The van der Waals surface area contributed by atoms with E-state index in [1.807, 2.05) is 22.9 Å². The van der Waals surface area contributed by atoms with E-state index >= 15 is 0 Å². The molecule has 4 rings (SSSR count). The molecule has 2 aromatic heterocycles. The molecule has 0 radical (unpaired) electrons. The van der Waals surface area contributed by atoms with Crippen LogP contribution in [-0.4, -0.2) is 41.2 Å². The van der Waals surface area contributed by atoms with E-state index in [0.717, 1.165) is 12.8 Å². The molecule has 2 unspecified atom stereocenters. The minimum absolute atomic E-state index is 0.162. The van der Waals surface area contributed by atoms with E-state index in [1.54, 1.807) is 12.1 Å². The molecule has 2 bridgehead atoms. The molecule has 1 N–H and O–H groups in total. The molecule has 0 saturated carbocycles. The maximum atomic E-state index is 13.0. The first-order valence-electron chi connectivity index (χ1n) is 8.00. The van der Waals surface area contributed by atoms with E-state index < -0.39 is 11.6 Å². The van der Waals surface area contributed by atoms with E-state index in [4.69, 9.17) is 4.74 Å². The first-order chi connectivity index (χ1) is 11.6. The van der Waals surface area contributed by atoms with Crippen LogP contribution in [0, 0.1) is 0 Å². The van der Waals surface area contributed by atoms with Crippen molar-refractivity contribution in [2.75, 3.05) is 7.05 Å². The Kier molecular flexibility index (Phi) is 4.08. The Hall–Kier alpha value is -1.47. The maximum absolute atomic E-state index is 13.0. The third-order valence-corrected chi connectivity index (χ3v) is 6.89. The summed E-state index contributed by atoms with van der Waals surface area (Å²) < 4.78 is 5.79.